The second kappa shape index (κ2) is 11.2. The van der Waals surface area contributed by atoms with E-state index in [1.807, 2.05) is 46.0 Å². The molecule has 2 amide bonds. The van der Waals surface area contributed by atoms with E-state index in [1.54, 1.807) is 13.2 Å². The van der Waals surface area contributed by atoms with Crippen LogP contribution in [0.5, 0.6) is 0 Å². The molecule has 4 rings (SSSR count). The normalized spacial score (nSPS) is 15.8. The molecule has 2 aromatic heterocycles. The Balaban J connectivity index is 1.46. The highest BCUT2D eigenvalue weighted by atomic mass is 16.5. The summed E-state index contributed by atoms with van der Waals surface area (Å²) in [7, 11) is 1.62. The third kappa shape index (κ3) is 6.30. The lowest BCUT2D eigenvalue weighted by molar-refractivity contribution is 0.0937. The largest absolute Gasteiger partial charge is 0.465 e. The van der Waals surface area contributed by atoms with Gasteiger partial charge in [-0.3, -0.25) is 9.78 Å². The lowest BCUT2D eigenvalue weighted by Gasteiger charge is -2.36. The molecule has 1 saturated heterocycles. The number of amides is 2. The smallest absolute Gasteiger partial charge is 0.407 e. The first-order valence-electron chi connectivity index (χ1n) is 12.9. The Hall–Kier alpha value is -3.95. The number of benzene rings is 1. The van der Waals surface area contributed by atoms with Crippen LogP contribution in [0.3, 0.4) is 0 Å². The first-order valence-corrected chi connectivity index (χ1v) is 12.9. The SMILES string of the molecule is Cc1cc(-c2ccncc2N2CCCC(CN(C)C(=O)O)C2)ccc1CNC(=O)c1noc(C(C)(C)C)n1. The van der Waals surface area contributed by atoms with Crippen molar-refractivity contribution in [2.24, 2.45) is 5.92 Å². The number of aryl methyl sites for hydroxylation is 1. The third-order valence-electron chi connectivity index (χ3n) is 6.88. The quantitative estimate of drug-likeness (QED) is 0.467. The topological polar surface area (TPSA) is 125 Å². The average molecular weight is 521 g/mol. The van der Waals surface area contributed by atoms with E-state index >= 15 is 0 Å². The maximum Gasteiger partial charge on any atom is 0.407 e. The fraction of sp³-hybridized carbons (Fsp3) is 0.464. The first-order chi connectivity index (χ1) is 18.0. The zero-order valence-electron chi connectivity index (χ0n) is 22.7. The summed E-state index contributed by atoms with van der Waals surface area (Å²) in [6.07, 6.45) is 4.78. The van der Waals surface area contributed by atoms with Gasteiger partial charge in [-0.05, 0) is 48.4 Å². The van der Waals surface area contributed by atoms with E-state index in [0.29, 0.717) is 19.0 Å². The fourth-order valence-corrected chi connectivity index (χ4v) is 4.72. The molecular formula is C28H36N6O4. The molecule has 0 radical (unpaired) electrons. The number of carbonyl (C=O) groups excluding carboxylic acids is 1. The number of hydrogen-bond acceptors (Lipinski definition) is 7. The number of pyridine rings is 1. The van der Waals surface area contributed by atoms with Crippen molar-refractivity contribution < 1.29 is 19.2 Å². The molecule has 0 spiro atoms. The maximum atomic E-state index is 12.6. The number of carboxylic acid groups (broad SMARTS) is 1. The van der Waals surface area contributed by atoms with Crippen LogP contribution in [-0.4, -0.2) is 63.8 Å². The predicted octanol–water partition coefficient (Wildman–Crippen LogP) is 4.49. The number of carbonyl (C=O) groups is 2. The Morgan fingerprint density at radius 1 is 1.26 bits per heavy atom. The first kappa shape index (κ1) is 27.1. The minimum Gasteiger partial charge on any atom is -0.465 e. The van der Waals surface area contributed by atoms with Gasteiger partial charge in [-0.2, -0.15) is 4.98 Å². The van der Waals surface area contributed by atoms with Gasteiger partial charge in [-0.15, -0.1) is 0 Å². The molecule has 10 heteroatoms. The number of aromatic nitrogens is 3. The summed E-state index contributed by atoms with van der Waals surface area (Å²) < 4.78 is 5.23. The lowest BCUT2D eigenvalue weighted by atomic mass is 9.95. The molecule has 0 saturated carbocycles. The standard InChI is InChI=1S/C28H36N6O4/c1-18-13-20(8-9-21(18)14-30-25(35)24-31-26(38-32-24)28(2,3)4)22-10-11-29-15-23(22)34-12-6-7-19(17-34)16-33(5)27(36)37/h8-11,13,15,19H,6-7,12,14,16-17H2,1-5H3,(H,30,35)(H,36,37). The number of nitrogens with zero attached hydrogens (tertiary/aromatic N) is 5. The Kier molecular flexibility index (Phi) is 7.99. The van der Waals surface area contributed by atoms with Crippen molar-refractivity contribution in [1.82, 2.24) is 25.3 Å². The van der Waals surface area contributed by atoms with Crippen LogP contribution in [0.15, 0.2) is 41.2 Å². The summed E-state index contributed by atoms with van der Waals surface area (Å²) in [4.78, 5) is 36.1. The molecule has 38 heavy (non-hydrogen) atoms. The van der Waals surface area contributed by atoms with Crippen LogP contribution in [0.25, 0.3) is 11.1 Å². The number of anilines is 1. The van der Waals surface area contributed by atoms with E-state index in [1.165, 1.54) is 4.90 Å². The third-order valence-corrected chi connectivity index (χ3v) is 6.88. The van der Waals surface area contributed by atoms with Crippen molar-refractivity contribution in [3.8, 4) is 11.1 Å². The van der Waals surface area contributed by atoms with Gasteiger partial charge >= 0.3 is 6.09 Å². The molecular weight excluding hydrogens is 484 g/mol. The zero-order chi connectivity index (χ0) is 27.4. The summed E-state index contributed by atoms with van der Waals surface area (Å²) in [5, 5.41) is 16.0. The van der Waals surface area contributed by atoms with Crippen LogP contribution in [0, 0.1) is 12.8 Å². The molecule has 0 aliphatic carbocycles. The highest BCUT2D eigenvalue weighted by Gasteiger charge is 2.26. The average Bonchev–Trinajstić information content (AvgIpc) is 3.39. The predicted molar refractivity (Wildman–Crippen MR) is 144 cm³/mol. The van der Waals surface area contributed by atoms with E-state index < -0.39 is 6.09 Å². The van der Waals surface area contributed by atoms with E-state index in [2.05, 4.69) is 37.5 Å². The van der Waals surface area contributed by atoms with Crippen LogP contribution in [0.1, 0.15) is 61.2 Å². The molecule has 1 aliphatic rings. The second-order valence-corrected chi connectivity index (χ2v) is 11.0. The van der Waals surface area contributed by atoms with Crippen molar-refractivity contribution in [2.75, 3.05) is 31.6 Å². The second-order valence-electron chi connectivity index (χ2n) is 11.0. The van der Waals surface area contributed by atoms with Gasteiger partial charge in [0.2, 0.25) is 5.89 Å². The van der Waals surface area contributed by atoms with Crippen LogP contribution >= 0.6 is 0 Å². The number of hydrogen-bond donors (Lipinski definition) is 2. The minimum absolute atomic E-state index is 0.0278. The van der Waals surface area contributed by atoms with Crippen molar-refractivity contribution >= 4 is 17.7 Å². The summed E-state index contributed by atoms with van der Waals surface area (Å²) in [5.74, 6) is 0.340. The molecule has 1 atom stereocenters. The molecule has 202 valence electrons. The van der Waals surface area contributed by atoms with Crippen LogP contribution in [0.2, 0.25) is 0 Å². The summed E-state index contributed by atoms with van der Waals surface area (Å²) in [6, 6.07) is 8.21. The highest BCUT2D eigenvalue weighted by molar-refractivity contribution is 5.90. The Bertz CT molecular complexity index is 1300. The Morgan fingerprint density at radius 3 is 2.74 bits per heavy atom. The highest BCUT2D eigenvalue weighted by Crippen LogP contribution is 2.34. The maximum absolute atomic E-state index is 12.6. The minimum atomic E-state index is -0.900. The molecule has 1 aliphatic heterocycles. The lowest BCUT2D eigenvalue weighted by Crippen LogP contribution is -2.41. The molecule has 1 aromatic carbocycles. The molecule has 1 unspecified atom stereocenters. The van der Waals surface area contributed by atoms with Crippen molar-refractivity contribution in [1.29, 1.82) is 0 Å². The van der Waals surface area contributed by atoms with Crippen LogP contribution in [0.4, 0.5) is 10.5 Å². The van der Waals surface area contributed by atoms with Gasteiger partial charge in [-0.25, -0.2) is 4.79 Å². The molecule has 3 aromatic rings. The molecule has 10 nitrogen and oxygen atoms in total. The summed E-state index contributed by atoms with van der Waals surface area (Å²) >= 11 is 0. The number of nitrogens with one attached hydrogen (secondary N) is 1. The monoisotopic (exact) mass is 520 g/mol. The van der Waals surface area contributed by atoms with Crippen LogP contribution < -0.4 is 10.2 Å². The van der Waals surface area contributed by atoms with Crippen molar-refractivity contribution in [3.05, 3.63) is 59.5 Å². The number of rotatable bonds is 7. The number of piperidine rings is 1. The van der Waals surface area contributed by atoms with Gasteiger partial charge < -0.3 is 24.7 Å². The van der Waals surface area contributed by atoms with Gasteiger partial charge in [0.05, 0.1) is 11.9 Å². The Morgan fingerprint density at radius 2 is 2.05 bits per heavy atom. The molecule has 2 N–H and O–H groups in total. The molecule has 0 bridgehead atoms. The van der Waals surface area contributed by atoms with E-state index in [4.69, 9.17) is 4.52 Å². The zero-order valence-corrected chi connectivity index (χ0v) is 22.7. The van der Waals surface area contributed by atoms with E-state index in [0.717, 1.165) is 53.9 Å². The van der Waals surface area contributed by atoms with E-state index in [-0.39, 0.29) is 23.1 Å². The van der Waals surface area contributed by atoms with Crippen molar-refractivity contribution in [3.63, 3.8) is 0 Å². The molecule has 3 heterocycles. The Labute approximate surface area is 223 Å². The summed E-state index contributed by atoms with van der Waals surface area (Å²) in [6.45, 7) is 10.4. The fourth-order valence-electron chi connectivity index (χ4n) is 4.72. The van der Waals surface area contributed by atoms with E-state index in [9.17, 15) is 14.7 Å². The summed E-state index contributed by atoms with van der Waals surface area (Å²) in [5.41, 5.74) is 4.90. The molecule has 1 fully saturated rings. The van der Waals surface area contributed by atoms with Gasteiger partial charge in [0.15, 0.2) is 0 Å². The van der Waals surface area contributed by atoms with Gasteiger partial charge in [-0.1, -0.05) is 44.1 Å². The van der Waals surface area contributed by atoms with Gasteiger partial charge in [0.1, 0.15) is 0 Å². The van der Waals surface area contributed by atoms with Gasteiger partial charge in [0, 0.05) is 50.4 Å². The van der Waals surface area contributed by atoms with Crippen molar-refractivity contribution in [2.45, 2.75) is 52.5 Å². The van der Waals surface area contributed by atoms with Gasteiger partial charge in [0.25, 0.3) is 11.7 Å². The van der Waals surface area contributed by atoms with Crippen LogP contribution in [-0.2, 0) is 12.0 Å².